The molecule has 1 saturated heterocycles. The Morgan fingerprint density at radius 2 is 2.03 bits per heavy atom. The highest BCUT2D eigenvalue weighted by atomic mass is 127. The van der Waals surface area contributed by atoms with E-state index < -0.39 is 0 Å². The van der Waals surface area contributed by atoms with Crippen molar-refractivity contribution in [3.63, 3.8) is 0 Å². The fraction of sp³-hybridized carbons (Fsp3) is 0.750. The zero-order chi connectivity index (χ0) is 20.4. The van der Waals surface area contributed by atoms with Crippen LogP contribution in [0.4, 0.5) is 0 Å². The van der Waals surface area contributed by atoms with E-state index >= 15 is 0 Å². The highest BCUT2D eigenvalue weighted by Crippen LogP contribution is 2.19. The molecule has 0 aromatic carbocycles. The van der Waals surface area contributed by atoms with Gasteiger partial charge in [0.25, 0.3) is 0 Å². The van der Waals surface area contributed by atoms with Crippen molar-refractivity contribution in [2.24, 2.45) is 4.99 Å². The maximum absolute atomic E-state index is 11.9. The van der Waals surface area contributed by atoms with Gasteiger partial charge in [0.15, 0.2) is 5.96 Å². The molecular weight excluding hydrogens is 499 g/mol. The molecule has 0 atom stereocenters. The highest BCUT2D eigenvalue weighted by Gasteiger charge is 2.21. The third-order valence-corrected chi connectivity index (χ3v) is 5.87. The Labute approximate surface area is 196 Å². The first kappa shape index (κ1) is 26.1. The number of hydrogen-bond donors (Lipinski definition) is 3. The SMILES string of the molecule is CCCNC(=O)CN1CCC(NC(=NCc2csc(C(C)C)n2)NCC)CC1.I. The number of thiazole rings is 1. The summed E-state index contributed by atoms with van der Waals surface area (Å²) in [5.41, 5.74) is 1.03. The van der Waals surface area contributed by atoms with Crippen LogP contribution in [0.25, 0.3) is 0 Å². The molecular formula is C20H37IN6OS. The molecule has 0 unspecified atom stereocenters. The average Bonchev–Trinajstić information content (AvgIpc) is 3.15. The Hall–Kier alpha value is -0.940. The molecule has 1 aromatic heterocycles. The van der Waals surface area contributed by atoms with E-state index in [4.69, 9.17) is 4.99 Å². The van der Waals surface area contributed by atoms with Gasteiger partial charge in [0.05, 0.1) is 23.8 Å². The molecule has 1 aromatic rings. The van der Waals surface area contributed by atoms with Gasteiger partial charge in [0, 0.05) is 43.5 Å². The van der Waals surface area contributed by atoms with E-state index in [1.165, 1.54) is 5.01 Å². The van der Waals surface area contributed by atoms with Gasteiger partial charge in [-0.3, -0.25) is 9.69 Å². The second-order valence-electron chi connectivity index (χ2n) is 7.57. The zero-order valence-electron chi connectivity index (χ0n) is 18.2. The first-order chi connectivity index (χ1) is 13.5. The molecule has 1 fully saturated rings. The van der Waals surface area contributed by atoms with Gasteiger partial charge in [-0.2, -0.15) is 0 Å². The van der Waals surface area contributed by atoms with Crippen LogP contribution in [0.5, 0.6) is 0 Å². The van der Waals surface area contributed by atoms with Gasteiger partial charge in [0.2, 0.25) is 5.91 Å². The number of amides is 1. The number of guanidine groups is 1. The van der Waals surface area contributed by atoms with Crippen molar-refractivity contribution in [3.8, 4) is 0 Å². The lowest BCUT2D eigenvalue weighted by molar-refractivity contribution is -0.122. The summed E-state index contributed by atoms with van der Waals surface area (Å²) in [4.78, 5) is 23.5. The summed E-state index contributed by atoms with van der Waals surface area (Å²) in [6, 6.07) is 0.384. The topological polar surface area (TPSA) is 81.7 Å². The molecule has 1 aliphatic rings. The van der Waals surface area contributed by atoms with Gasteiger partial charge in [-0.05, 0) is 26.2 Å². The molecule has 1 aliphatic heterocycles. The Kier molecular flexibility index (Phi) is 12.7. The predicted octanol–water partition coefficient (Wildman–Crippen LogP) is 2.93. The summed E-state index contributed by atoms with van der Waals surface area (Å²) < 4.78 is 0. The predicted molar refractivity (Wildman–Crippen MR) is 132 cm³/mol. The monoisotopic (exact) mass is 536 g/mol. The number of carbonyl (C=O) groups is 1. The zero-order valence-corrected chi connectivity index (χ0v) is 21.3. The normalized spacial score (nSPS) is 15.8. The fourth-order valence-corrected chi connectivity index (χ4v) is 3.92. The largest absolute Gasteiger partial charge is 0.357 e. The van der Waals surface area contributed by atoms with Gasteiger partial charge < -0.3 is 16.0 Å². The molecule has 0 spiro atoms. The smallest absolute Gasteiger partial charge is 0.234 e. The van der Waals surface area contributed by atoms with E-state index in [1.54, 1.807) is 11.3 Å². The van der Waals surface area contributed by atoms with E-state index in [2.05, 4.69) is 58.9 Å². The summed E-state index contributed by atoms with van der Waals surface area (Å²) in [7, 11) is 0. The maximum atomic E-state index is 11.9. The van der Waals surface area contributed by atoms with Crippen molar-refractivity contribution < 1.29 is 4.79 Å². The lowest BCUT2D eigenvalue weighted by Crippen LogP contribution is -2.50. The minimum atomic E-state index is 0. The first-order valence-corrected chi connectivity index (χ1v) is 11.4. The van der Waals surface area contributed by atoms with Gasteiger partial charge in [-0.25, -0.2) is 9.98 Å². The summed E-state index contributed by atoms with van der Waals surface area (Å²) in [5, 5.41) is 13.1. The molecule has 0 bridgehead atoms. The maximum Gasteiger partial charge on any atom is 0.234 e. The molecule has 9 heteroatoms. The van der Waals surface area contributed by atoms with Crippen LogP contribution in [-0.2, 0) is 11.3 Å². The Balaban J connectivity index is 0.00000420. The van der Waals surface area contributed by atoms with Crippen molar-refractivity contribution in [1.29, 1.82) is 0 Å². The second-order valence-corrected chi connectivity index (χ2v) is 8.46. The molecule has 166 valence electrons. The van der Waals surface area contributed by atoms with Crippen LogP contribution in [0.1, 0.15) is 63.6 Å². The summed E-state index contributed by atoms with van der Waals surface area (Å²) >= 11 is 1.71. The summed E-state index contributed by atoms with van der Waals surface area (Å²) in [6.45, 7) is 13.0. The number of piperidine rings is 1. The van der Waals surface area contributed by atoms with Crippen molar-refractivity contribution in [2.45, 2.75) is 65.5 Å². The van der Waals surface area contributed by atoms with Crippen LogP contribution in [0.3, 0.4) is 0 Å². The van der Waals surface area contributed by atoms with Gasteiger partial charge >= 0.3 is 0 Å². The first-order valence-electron chi connectivity index (χ1n) is 10.5. The number of aliphatic imine (C=N–C) groups is 1. The number of carbonyl (C=O) groups excluding carboxylic acids is 1. The Morgan fingerprint density at radius 1 is 1.31 bits per heavy atom. The minimum absolute atomic E-state index is 0. The molecule has 0 aliphatic carbocycles. The molecule has 0 radical (unpaired) electrons. The molecule has 3 N–H and O–H groups in total. The van der Waals surface area contributed by atoms with E-state index in [0.717, 1.165) is 57.1 Å². The quantitative estimate of drug-likeness (QED) is 0.257. The number of rotatable bonds is 9. The van der Waals surface area contributed by atoms with E-state index in [9.17, 15) is 4.79 Å². The minimum Gasteiger partial charge on any atom is -0.357 e. The van der Waals surface area contributed by atoms with E-state index in [0.29, 0.717) is 25.0 Å². The lowest BCUT2D eigenvalue weighted by Gasteiger charge is -2.32. The van der Waals surface area contributed by atoms with Gasteiger partial charge in [-0.15, -0.1) is 35.3 Å². The molecule has 1 amide bonds. The van der Waals surface area contributed by atoms with Crippen molar-refractivity contribution >= 4 is 47.2 Å². The van der Waals surface area contributed by atoms with E-state index in [1.807, 2.05) is 0 Å². The third-order valence-electron chi connectivity index (χ3n) is 4.67. The Morgan fingerprint density at radius 3 is 2.62 bits per heavy atom. The number of hydrogen-bond acceptors (Lipinski definition) is 5. The number of likely N-dealkylation sites (tertiary alicyclic amines) is 1. The van der Waals surface area contributed by atoms with Crippen LogP contribution in [0.2, 0.25) is 0 Å². The molecule has 2 rings (SSSR count). The highest BCUT2D eigenvalue weighted by molar-refractivity contribution is 14.0. The van der Waals surface area contributed by atoms with Crippen molar-refractivity contribution in [3.05, 3.63) is 16.1 Å². The van der Waals surface area contributed by atoms with E-state index in [-0.39, 0.29) is 29.9 Å². The van der Waals surface area contributed by atoms with Crippen molar-refractivity contribution in [1.82, 2.24) is 25.8 Å². The van der Waals surface area contributed by atoms with Crippen LogP contribution in [0, 0.1) is 0 Å². The van der Waals surface area contributed by atoms with Crippen LogP contribution in [-0.4, -0.2) is 60.5 Å². The van der Waals surface area contributed by atoms with Crippen LogP contribution < -0.4 is 16.0 Å². The van der Waals surface area contributed by atoms with Gasteiger partial charge in [-0.1, -0.05) is 20.8 Å². The number of halogens is 1. The lowest BCUT2D eigenvalue weighted by atomic mass is 10.1. The van der Waals surface area contributed by atoms with Gasteiger partial charge in [0.1, 0.15) is 0 Å². The molecule has 0 saturated carbocycles. The number of aromatic nitrogens is 1. The standard InChI is InChI=1S/C20H36N6OS.HI/c1-5-9-22-18(27)13-26-10-7-16(8-11-26)25-20(21-6-2)23-12-17-14-28-19(24-17)15(3)4;/h14-16H,5-13H2,1-4H3,(H,22,27)(H2,21,23,25);1H. The van der Waals surface area contributed by atoms with Crippen molar-refractivity contribution in [2.75, 3.05) is 32.7 Å². The van der Waals surface area contributed by atoms with Crippen LogP contribution in [0.15, 0.2) is 10.4 Å². The summed E-state index contributed by atoms with van der Waals surface area (Å²) in [6.07, 6.45) is 3.00. The molecule has 2 heterocycles. The molecule has 29 heavy (non-hydrogen) atoms. The average molecular weight is 537 g/mol. The van der Waals surface area contributed by atoms with Crippen LogP contribution >= 0.6 is 35.3 Å². The molecule has 7 nitrogen and oxygen atoms in total. The number of nitrogens with one attached hydrogen (secondary N) is 3. The third kappa shape index (κ3) is 9.61. The summed E-state index contributed by atoms with van der Waals surface area (Å²) in [5.74, 6) is 1.44. The second kappa shape index (κ2) is 14.1. The number of nitrogens with zero attached hydrogens (tertiary/aromatic N) is 3. The Bertz CT molecular complexity index is 628. The fourth-order valence-electron chi connectivity index (χ4n) is 3.09.